The van der Waals surface area contributed by atoms with Gasteiger partial charge in [0, 0.05) is 5.88 Å². The van der Waals surface area contributed by atoms with Gasteiger partial charge in [0.1, 0.15) is 0 Å². The second-order valence-corrected chi connectivity index (χ2v) is 9.27. The van der Waals surface area contributed by atoms with Crippen LogP contribution in [0.1, 0.15) is 25.7 Å². The number of hydrogen-bond donors (Lipinski definition) is 3. The summed E-state index contributed by atoms with van der Waals surface area (Å²) in [5.74, 6) is 0.441. The van der Waals surface area contributed by atoms with Gasteiger partial charge in [-0.1, -0.05) is 0 Å². The molecule has 2 fully saturated rings. The summed E-state index contributed by atoms with van der Waals surface area (Å²) in [7, 11) is -6.50. The zero-order chi connectivity index (χ0) is 17.8. The third-order valence-electron chi connectivity index (χ3n) is 3.12. The molecule has 0 aromatic heterocycles. The number of likely N-dealkylation sites (tertiary alicyclic amines) is 1. The lowest BCUT2D eigenvalue weighted by atomic mass is 10.2. The summed E-state index contributed by atoms with van der Waals surface area (Å²) in [4.78, 5) is 2.23. The van der Waals surface area contributed by atoms with Crippen molar-refractivity contribution in [2.24, 2.45) is 10.3 Å². The molecule has 0 radical (unpaired) electrons. The SMILES string of the molecule is C1CNC1.Cl.NS(=O)(=O)CCCCl.NS(=O)(=O)CCCN1CCC1. The first kappa shape index (κ1) is 26.5. The molecular formula is C12H30Cl2N4O4S2. The second-order valence-electron chi connectivity index (χ2n) is 5.43. The van der Waals surface area contributed by atoms with Crippen LogP contribution in [-0.2, 0) is 20.0 Å². The normalized spacial score (nSPS) is 17.0. The summed E-state index contributed by atoms with van der Waals surface area (Å²) in [6.45, 7) is 5.60. The van der Waals surface area contributed by atoms with Crippen LogP contribution in [-0.4, -0.2) is 71.8 Å². The molecule has 2 aliphatic rings. The molecule has 0 amide bonds. The maximum Gasteiger partial charge on any atom is 0.209 e. The van der Waals surface area contributed by atoms with E-state index in [1.54, 1.807) is 0 Å². The van der Waals surface area contributed by atoms with Crippen LogP contribution >= 0.6 is 24.0 Å². The molecule has 2 saturated heterocycles. The van der Waals surface area contributed by atoms with Crippen LogP contribution in [0, 0.1) is 0 Å². The van der Waals surface area contributed by atoms with E-state index >= 15 is 0 Å². The van der Waals surface area contributed by atoms with Crippen LogP contribution in [0.15, 0.2) is 0 Å². The number of sulfonamides is 2. The highest BCUT2D eigenvalue weighted by Crippen LogP contribution is 2.05. The molecule has 2 heterocycles. The lowest BCUT2D eigenvalue weighted by molar-refractivity contribution is 0.182. The first-order valence-corrected chi connectivity index (χ1v) is 11.6. The third-order valence-corrected chi connectivity index (χ3v) is 5.10. The maximum atomic E-state index is 10.5. The summed E-state index contributed by atoms with van der Waals surface area (Å²) in [5.41, 5.74) is 0. The quantitative estimate of drug-likeness (QED) is 0.475. The Hall–Kier alpha value is 0.320. The van der Waals surface area contributed by atoms with Crippen LogP contribution in [0.3, 0.4) is 0 Å². The van der Waals surface area contributed by atoms with E-state index < -0.39 is 20.0 Å². The molecule has 0 bridgehead atoms. The maximum absolute atomic E-state index is 10.5. The Morgan fingerprint density at radius 1 is 0.917 bits per heavy atom. The Labute approximate surface area is 157 Å². The molecule has 148 valence electrons. The summed E-state index contributed by atoms with van der Waals surface area (Å²) < 4.78 is 41.2. The van der Waals surface area contributed by atoms with Gasteiger partial charge in [0.25, 0.3) is 0 Å². The van der Waals surface area contributed by atoms with Crippen molar-refractivity contribution >= 4 is 44.1 Å². The highest BCUT2D eigenvalue weighted by atomic mass is 35.5. The number of rotatable bonds is 7. The number of primary sulfonamides is 2. The van der Waals surface area contributed by atoms with Gasteiger partial charge in [-0.05, 0) is 58.4 Å². The lowest BCUT2D eigenvalue weighted by Gasteiger charge is -2.30. The second kappa shape index (κ2) is 14.5. The standard InChI is InChI=1S/C6H14N2O2S.C3H8ClNO2S.C3H7N.ClH/c7-11(9,10)6-2-5-8-3-1-4-8;4-2-1-3-8(5,6)7;1-2-4-3-1;/h1-6H2,(H2,7,9,10);1-3H2,(H2,5,6,7);4H,1-3H2;1H. The highest BCUT2D eigenvalue weighted by molar-refractivity contribution is 7.89. The van der Waals surface area contributed by atoms with Gasteiger partial charge in [0.2, 0.25) is 20.0 Å². The van der Waals surface area contributed by atoms with Crippen molar-refractivity contribution in [1.29, 1.82) is 0 Å². The van der Waals surface area contributed by atoms with Crippen LogP contribution in [0.25, 0.3) is 0 Å². The average molecular weight is 429 g/mol. The van der Waals surface area contributed by atoms with Crippen LogP contribution in [0.5, 0.6) is 0 Å². The van der Waals surface area contributed by atoms with Gasteiger partial charge in [0.15, 0.2) is 0 Å². The number of nitrogens with one attached hydrogen (secondary N) is 1. The minimum atomic E-state index is -3.27. The third kappa shape index (κ3) is 20.4. The molecule has 0 spiro atoms. The molecule has 5 N–H and O–H groups in total. The van der Waals surface area contributed by atoms with E-state index in [4.69, 9.17) is 16.7 Å². The highest BCUT2D eigenvalue weighted by Gasteiger charge is 2.13. The summed E-state index contributed by atoms with van der Waals surface area (Å²) in [5, 5.41) is 12.6. The fourth-order valence-corrected chi connectivity index (χ4v) is 2.90. The number of halogens is 2. The van der Waals surface area contributed by atoms with E-state index in [9.17, 15) is 16.8 Å². The minimum absolute atomic E-state index is 0. The summed E-state index contributed by atoms with van der Waals surface area (Å²) in [6.07, 6.45) is 3.73. The number of nitrogens with two attached hydrogens (primary N) is 2. The van der Waals surface area contributed by atoms with E-state index in [1.165, 1.54) is 25.9 Å². The first-order chi connectivity index (χ1) is 10.6. The molecule has 0 aliphatic carbocycles. The van der Waals surface area contributed by atoms with Gasteiger partial charge >= 0.3 is 0 Å². The zero-order valence-corrected chi connectivity index (χ0v) is 17.0. The van der Waals surface area contributed by atoms with Gasteiger partial charge < -0.3 is 10.2 Å². The molecule has 0 unspecified atom stereocenters. The largest absolute Gasteiger partial charge is 0.317 e. The van der Waals surface area contributed by atoms with Crippen LogP contribution in [0.4, 0.5) is 0 Å². The molecule has 0 aromatic carbocycles. The fraction of sp³-hybridized carbons (Fsp3) is 1.00. The molecule has 0 saturated carbocycles. The summed E-state index contributed by atoms with van der Waals surface area (Å²) >= 11 is 5.19. The van der Waals surface area contributed by atoms with Crippen molar-refractivity contribution in [2.45, 2.75) is 25.7 Å². The number of hydrogen-bond acceptors (Lipinski definition) is 6. The van der Waals surface area contributed by atoms with Crippen molar-refractivity contribution in [3.05, 3.63) is 0 Å². The first-order valence-electron chi connectivity index (χ1n) is 7.64. The molecule has 12 heteroatoms. The molecule has 2 aliphatic heterocycles. The molecule has 0 atom stereocenters. The predicted octanol–water partition coefficient (Wildman–Crippen LogP) is -0.324. The predicted molar refractivity (Wildman–Crippen MR) is 102 cm³/mol. The van der Waals surface area contributed by atoms with Crippen LogP contribution in [0.2, 0.25) is 0 Å². The van der Waals surface area contributed by atoms with Gasteiger partial charge in [0.05, 0.1) is 11.5 Å². The van der Waals surface area contributed by atoms with Crippen molar-refractivity contribution in [3.63, 3.8) is 0 Å². The Bertz CT molecular complexity index is 491. The zero-order valence-electron chi connectivity index (χ0n) is 13.8. The van der Waals surface area contributed by atoms with Crippen LogP contribution < -0.4 is 15.6 Å². The summed E-state index contributed by atoms with van der Waals surface area (Å²) in [6, 6.07) is 0. The molecule has 8 nitrogen and oxygen atoms in total. The van der Waals surface area contributed by atoms with E-state index in [2.05, 4.69) is 15.4 Å². The molecule has 24 heavy (non-hydrogen) atoms. The van der Waals surface area contributed by atoms with E-state index in [1.807, 2.05) is 0 Å². The van der Waals surface area contributed by atoms with E-state index in [0.29, 0.717) is 18.7 Å². The molecular weight excluding hydrogens is 399 g/mol. The monoisotopic (exact) mass is 428 g/mol. The van der Waals surface area contributed by atoms with E-state index in [-0.39, 0.29) is 23.9 Å². The Morgan fingerprint density at radius 3 is 1.54 bits per heavy atom. The van der Waals surface area contributed by atoms with Crippen molar-refractivity contribution in [3.8, 4) is 0 Å². The average Bonchev–Trinajstić information content (AvgIpc) is 2.26. The van der Waals surface area contributed by atoms with E-state index in [0.717, 1.165) is 19.6 Å². The van der Waals surface area contributed by atoms with Gasteiger partial charge in [-0.15, -0.1) is 24.0 Å². The number of alkyl halides is 1. The molecule has 2 rings (SSSR count). The van der Waals surface area contributed by atoms with Crippen molar-refractivity contribution < 1.29 is 16.8 Å². The molecule has 0 aromatic rings. The Kier molecular flexibility index (Phi) is 16.0. The lowest BCUT2D eigenvalue weighted by Crippen LogP contribution is -2.38. The Balaban J connectivity index is 0. The topological polar surface area (TPSA) is 136 Å². The smallest absolute Gasteiger partial charge is 0.209 e. The van der Waals surface area contributed by atoms with Crippen molar-refractivity contribution in [2.75, 3.05) is 50.1 Å². The van der Waals surface area contributed by atoms with Gasteiger partial charge in [-0.25, -0.2) is 27.1 Å². The minimum Gasteiger partial charge on any atom is -0.317 e. The number of nitrogens with zero attached hydrogens (tertiary/aromatic N) is 1. The van der Waals surface area contributed by atoms with Crippen molar-refractivity contribution in [1.82, 2.24) is 10.2 Å². The van der Waals surface area contributed by atoms with Gasteiger partial charge in [-0.3, -0.25) is 0 Å². The Morgan fingerprint density at radius 2 is 1.33 bits per heavy atom. The van der Waals surface area contributed by atoms with Gasteiger partial charge in [-0.2, -0.15) is 0 Å². The fourth-order valence-electron chi connectivity index (χ4n) is 1.53.